The molecule has 0 fully saturated rings. The molecule has 0 N–H and O–H groups in total. The topological polar surface area (TPSA) is 104 Å². The maximum Gasteiger partial charge on any atom is 0.461 e. The molecule has 0 heterocycles. The monoisotopic (exact) mass is 546 g/mol. The van der Waals surface area contributed by atoms with Gasteiger partial charge in [-0.05, 0) is 37.6 Å². The van der Waals surface area contributed by atoms with E-state index in [9.17, 15) is 59.1 Å². The van der Waals surface area contributed by atoms with Crippen LogP contribution in [0.15, 0.2) is 36.4 Å². The van der Waals surface area contributed by atoms with Crippen LogP contribution in [0.2, 0.25) is 0 Å². The van der Waals surface area contributed by atoms with Gasteiger partial charge < -0.3 is 9.47 Å². The summed E-state index contributed by atoms with van der Waals surface area (Å²) in [7, 11) is 0. The Morgan fingerprint density at radius 2 is 1.43 bits per heavy atom. The molecule has 0 aliphatic carbocycles. The molecular formula is C22H18F8O7. The highest BCUT2D eigenvalue weighted by atomic mass is 19.4. The summed E-state index contributed by atoms with van der Waals surface area (Å²) in [5, 5.41) is 0. The maximum absolute atomic E-state index is 13.4. The molecule has 1 rings (SSSR count). The number of alkyl halides is 8. The summed E-state index contributed by atoms with van der Waals surface area (Å²) in [4.78, 5) is 58.2. The minimum Gasteiger partial charge on any atom is -0.462 e. The largest absolute Gasteiger partial charge is 0.462 e. The summed E-state index contributed by atoms with van der Waals surface area (Å²) in [6, 6.07) is 3.53. The number of hydrogen-bond acceptors (Lipinski definition) is 7. The van der Waals surface area contributed by atoms with Crippen LogP contribution in [0, 0.1) is 5.92 Å². The van der Waals surface area contributed by atoms with Gasteiger partial charge in [0.1, 0.15) is 5.75 Å². The lowest BCUT2D eigenvalue weighted by atomic mass is 9.87. The molecule has 0 saturated heterocycles. The smallest absolute Gasteiger partial charge is 0.461 e. The van der Waals surface area contributed by atoms with Gasteiger partial charge in [-0.2, -0.15) is 35.1 Å². The zero-order valence-electron chi connectivity index (χ0n) is 18.8. The van der Waals surface area contributed by atoms with Crippen LogP contribution in [0.1, 0.15) is 36.5 Å². The molecule has 1 unspecified atom stereocenters. The van der Waals surface area contributed by atoms with Crippen LogP contribution in [0.25, 0.3) is 0 Å². The van der Waals surface area contributed by atoms with Gasteiger partial charge in [0.2, 0.25) is 11.6 Å². The fraction of sp³-hybridized carbons (Fsp3) is 0.409. The van der Waals surface area contributed by atoms with E-state index in [-0.39, 0.29) is 30.8 Å². The van der Waals surface area contributed by atoms with Crippen molar-refractivity contribution in [1.82, 2.24) is 0 Å². The van der Waals surface area contributed by atoms with Gasteiger partial charge in [0.15, 0.2) is 5.78 Å². The van der Waals surface area contributed by atoms with E-state index in [4.69, 9.17) is 9.47 Å². The van der Waals surface area contributed by atoms with Gasteiger partial charge in [-0.3, -0.25) is 19.2 Å². The van der Waals surface area contributed by atoms with E-state index >= 15 is 0 Å². The van der Waals surface area contributed by atoms with E-state index in [2.05, 4.69) is 6.58 Å². The standard InChI is InChI=1S/C22H18F8O7/c1-11(2)19(35)36-9-3-4-16(32)37-13-7-5-12(6-8-13)15(31)10-14(18(34)21(25,26)27)17(33)20(23,24)22(28,29)30/h5-8,14H,1,3-4,9-10H2,2H3. The van der Waals surface area contributed by atoms with E-state index in [1.165, 1.54) is 6.92 Å². The van der Waals surface area contributed by atoms with Crippen molar-refractivity contribution in [2.45, 2.75) is 44.5 Å². The summed E-state index contributed by atoms with van der Waals surface area (Å²) in [6.07, 6.45) is -14.7. The number of carbonyl (C=O) groups is 5. The average molecular weight is 546 g/mol. The van der Waals surface area contributed by atoms with E-state index in [1.807, 2.05) is 0 Å². The Hall–Kier alpha value is -3.65. The van der Waals surface area contributed by atoms with Crippen LogP contribution in [-0.2, 0) is 23.9 Å². The van der Waals surface area contributed by atoms with Crippen molar-refractivity contribution in [3.05, 3.63) is 42.0 Å². The number of ether oxygens (including phenoxy) is 2. The lowest BCUT2D eigenvalue weighted by molar-refractivity contribution is -0.270. The number of benzene rings is 1. The first-order valence-electron chi connectivity index (χ1n) is 10.1. The zero-order valence-corrected chi connectivity index (χ0v) is 18.8. The lowest BCUT2D eigenvalue weighted by Gasteiger charge is -2.23. The molecule has 0 radical (unpaired) electrons. The third-order valence-electron chi connectivity index (χ3n) is 4.48. The van der Waals surface area contributed by atoms with Crippen molar-refractivity contribution in [2.75, 3.05) is 6.61 Å². The Morgan fingerprint density at radius 3 is 1.89 bits per heavy atom. The second-order valence-electron chi connectivity index (χ2n) is 7.50. The fourth-order valence-corrected chi connectivity index (χ4v) is 2.56. The minimum absolute atomic E-state index is 0.0691. The van der Waals surface area contributed by atoms with Gasteiger partial charge in [0, 0.05) is 24.0 Å². The summed E-state index contributed by atoms with van der Waals surface area (Å²) in [5.41, 5.74) is -0.431. The van der Waals surface area contributed by atoms with Gasteiger partial charge in [0.25, 0.3) is 0 Å². The number of carbonyl (C=O) groups excluding carboxylic acids is 5. The summed E-state index contributed by atoms with van der Waals surface area (Å²) < 4.78 is 112. The molecule has 1 aromatic carbocycles. The molecule has 0 amide bonds. The van der Waals surface area contributed by atoms with Crippen LogP contribution in [0.4, 0.5) is 35.1 Å². The second kappa shape index (κ2) is 12.1. The van der Waals surface area contributed by atoms with Crippen molar-refractivity contribution in [1.29, 1.82) is 0 Å². The highest BCUT2D eigenvalue weighted by molar-refractivity contribution is 6.12. The SMILES string of the molecule is C=C(C)C(=O)OCCCC(=O)Oc1ccc(C(=O)CC(C(=O)C(F)(F)F)C(=O)C(F)(F)C(F)(F)F)cc1. The molecule has 204 valence electrons. The zero-order chi connectivity index (χ0) is 28.8. The molecule has 0 saturated carbocycles. The molecule has 37 heavy (non-hydrogen) atoms. The van der Waals surface area contributed by atoms with Crippen LogP contribution >= 0.6 is 0 Å². The van der Waals surface area contributed by atoms with E-state index < -0.39 is 65.5 Å². The molecule has 0 spiro atoms. The van der Waals surface area contributed by atoms with Gasteiger partial charge in [0.05, 0.1) is 12.5 Å². The third-order valence-corrected chi connectivity index (χ3v) is 4.48. The van der Waals surface area contributed by atoms with E-state index in [0.717, 1.165) is 24.3 Å². The number of halogens is 8. The van der Waals surface area contributed by atoms with Crippen molar-refractivity contribution < 1.29 is 68.6 Å². The van der Waals surface area contributed by atoms with Gasteiger partial charge in [-0.15, -0.1) is 0 Å². The minimum atomic E-state index is -6.60. The third kappa shape index (κ3) is 8.75. The molecule has 1 aromatic rings. The summed E-state index contributed by atoms with van der Waals surface area (Å²) in [6.45, 7) is 4.64. The Kier molecular flexibility index (Phi) is 10.2. The number of rotatable bonds is 12. The van der Waals surface area contributed by atoms with E-state index in [0.29, 0.717) is 0 Å². The highest BCUT2D eigenvalue weighted by Crippen LogP contribution is 2.40. The molecule has 0 aliphatic heterocycles. The van der Waals surface area contributed by atoms with E-state index in [1.54, 1.807) is 0 Å². The Bertz CT molecular complexity index is 1060. The number of Topliss-reactive ketones (excluding diaryl/α,β-unsaturated/α-hetero) is 3. The first-order valence-corrected chi connectivity index (χ1v) is 10.1. The highest BCUT2D eigenvalue weighted by Gasteiger charge is 2.66. The number of ketones is 3. The Balaban J connectivity index is 2.90. The average Bonchev–Trinajstić information content (AvgIpc) is 2.78. The first-order chi connectivity index (χ1) is 16.8. The van der Waals surface area contributed by atoms with Crippen molar-refractivity contribution in [3.8, 4) is 5.75 Å². The molecule has 1 atom stereocenters. The molecule has 0 aliphatic rings. The molecule has 0 bridgehead atoms. The number of hydrogen-bond donors (Lipinski definition) is 0. The number of esters is 2. The first kappa shape index (κ1) is 31.4. The predicted molar refractivity (Wildman–Crippen MR) is 107 cm³/mol. The van der Waals surface area contributed by atoms with Gasteiger partial charge >= 0.3 is 30.2 Å². The summed E-state index contributed by atoms with van der Waals surface area (Å²) in [5.74, 6) is -19.9. The van der Waals surface area contributed by atoms with Crippen LogP contribution in [0.5, 0.6) is 5.75 Å². The van der Waals surface area contributed by atoms with Gasteiger partial charge in [-0.25, -0.2) is 4.79 Å². The summed E-state index contributed by atoms with van der Waals surface area (Å²) >= 11 is 0. The van der Waals surface area contributed by atoms with Crippen molar-refractivity contribution in [3.63, 3.8) is 0 Å². The quantitative estimate of drug-likeness (QED) is 0.0719. The molecule has 7 nitrogen and oxygen atoms in total. The second-order valence-corrected chi connectivity index (χ2v) is 7.50. The van der Waals surface area contributed by atoms with Crippen LogP contribution < -0.4 is 4.74 Å². The predicted octanol–water partition coefficient (Wildman–Crippen LogP) is 4.58. The molecular weight excluding hydrogens is 528 g/mol. The molecule has 15 heteroatoms. The fourth-order valence-electron chi connectivity index (χ4n) is 2.56. The van der Waals surface area contributed by atoms with Crippen LogP contribution in [0.3, 0.4) is 0 Å². The van der Waals surface area contributed by atoms with Crippen LogP contribution in [-0.4, -0.2) is 54.2 Å². The maximum atomic E-state index is 13.4. The van der Waals surface area contributed by atoms with Crippen molar-refractivity contribution >= 4 is 29.3 Å². The van der Waals surface area contributed by atoms with Gasteiger partial charge in [-0.1, -0.05) is 6.58 Å². The Morgan fingerprint density at radius 1 is 0.892 bits per heavy atom. The molecule has 0 aromatic heterocycles. The lowest BCUT2D eigenvalue weighted by Crippen LogP contribution is -2.51. The Labute approximate surface area is 203 Å². The normalized spacial score (nSPS) is 12.9. The van der Waals surface area contributed by atoms with Crippen molar-refractivity contribution in [2.24, 2.45) is 5.92 Å².